The van der Waals surface area contributed by atoms with Crippen LogP contribution in [0.2, 0.25) is 0 Å². The van der Waals surface area contributed by atoms with Gasteiger partial charge in [0.25, 0.3) is 0 Å². The molecular weight excluding hydrogens is 136 g/mol. The fraction of sp³-hybridized carbons (Fsp3) is 0.167. The zero-order valence-corrected chi connectivity index (χ0v) is 5.56. The molecule has 0 fully saturated rings. The molecule has 0 saturated heterocycles. The van der Waals surface area contributed by atoms with Gasteiger partial charge < -0.3 is 5.11 Å². The predicted octanol–water partition coefficient (Wildman–Crippen LogP) is 1.22. The monoisotopic (exact) mass is 146 g/mol. The molecule has 0 rings (SSSR count). The van der Waals surface area contributed by atoms with E-state index in [9.17, 15) is 4.79 Å². The van der Waals surface area contributed by atoms with Crippen LogP contribution >= 0.6 is 0 Å². The molecule has 4 heteroatoms. The minimum absolute atomic E-state index is 0.914. The number of rotatable bonds is 2. The van der Waals surface area contributed by atoms with Gasteiger partial charge >= 0.3 is 5.97 Å². The Morgan fingerprint density at radius 1 is 1.30 bits per heavy atom. The summed E-state index contributed by atoms with van der Waals surface area (Å²) in [6, 6.07) is 0. The molecule has 0 amide bonds. The molecule has 0 aromatic heterocycles. The second kappa shape index (κ2) is 10.8. The highest BCUT2D eigenvalue weighted by Crippen LogP contribution is 1.74. The summed E-state index contributed by atoms with van der Waals surface area (Å²) in [5, 5.41) is 20.0. The molecule has 0 spiro atoms. The molecule has 4 nitrogen and oxygen atoms in total. The largest absolute Gasteiger partial charge is 0.478 e. The standard InChI is InChI=1S/C6H8O2.H2O2/c1-2-3-4-5-6(7)8;1-2/h2-5H,1H3,(H,7,8);1-2H/b3-2+,5-4+;. The summed E-state index contributed by atoms with van der Waals surface area (Å²) in [7, 11) is 0. The average Bonchev–Trinajstić information content (AvgIpc) is 1.92. The van der Waals surface area contributed by atoms with E-state index in [1.807, 2.05) is 6.92 Å². The third-order valence-corrected chi connectivity index (χ3v) is 0.542. The number of allylic oxidation sites excluding steroid dienone is 3. The maximum atomic E-state index is 9.75. The molecule has 0 aromatic carbocycles. The van der Waals surface area contributed by atoms with Gasteiger partial charge in [0.05, 0.1) is 0 Å². The van der Waals surface area contributed by atoms with Crippen LogP contribution in [0.3, 0.4) is 0 Å². The summed E-state index contributed by atoms with van der Waals surface area (Å²) in [6.07, 6.45) is 5.98. The summed E-state index contributed by atoms with van der Waals surface area (Å²) >= 11 is 0. The van der Waals surface area contributed by atoms with E-state index in [-0.39, 0.29) is 0 Å². The molecule has 10 heavy (non-hydrogen) atoms. The van der Waals surface area contributed by atoms with Crippen LogP contribution < -0.4 is 0 Å². The number of carboxylic acid groups (broad SMARTS) is 1. The molecule has 0 radical (unpaired) electrons. The molecule has 0 aliphatic carbocycles. The van der Waals surface area contributed by atoms with Crippen molar-refractivity contribution in [3.05, 3.63) is 24.3 Å². The van der Waals surface area contributed by atoms with Crippen molar-refractivity contribution in [1.29, 1.82) is 0 Å². The van der Waals surface area contributed by atoms with Gasteiger partial charge in [-0.25, -0.2) is 4.79 Å². The van der Waals surface area contributed by atoms with Crippen molar-refractivity contribution in [2.24, 2.45) is 0 Å². The lowest BCUT2D eigenvalue weighted by Gasteiger charge is -1.72. The van der Waals surface area contributed by atoms with Crippen LogP contribution in [0.5, 0.6) is 0 Å². The average molecular weight is 146 g/mol. The highest BCUT2D eigenvalue weighted by Gasteiger charge is 1.78. The Labute approximate surface area is 58.7 Å². The van der Waals surface area contributed by atoms with Gasteiger partial charge in [0.2, 0.25) is 0 Å². The van der Waals surface area contributed by atoms with E-state index in [0.717, 1.165) is 6.08 Å². The van der Waals surface area contributed by atoms with Crippen LogP contribution in [-0.4, -0.2) is 21.6 Å². The number of hydrogen-bond acceptors (Lipinski definition) is 3. The fourth-order valence-corrected chi connectivity index (χ4v) is 0.249. The number of hydrogen-bond donors (Lipinski definition) is 3. The van der Waals surface area contributed by atoms with Crippen molar-refractivity contribution in [1.82, 2.24) is 0 Å². The van der Waals surface area contributed by atoms with Crippen LogP contribution in [0.1, 0.15) is 6.92 Å². The lowest BCUT2D eigenvalue weighted by Crippen LogP contribution is -1.83. The fourth-order valence-electron chi connectivity index (χ4n) is 0.249. The van der Waals surface area contributed by atoms with Gasteiger partial charge in [0.15, 0.2) is 0 Å². The van der Waals surface area contributed by atoms with E-state index < -0.39 is 5.97 Å². The summed E-state index contributed by atoms with van der Waals surface area (Å²) in [5.41, 5.74) is 0. The highest BCUT2D eigenvalue weighted by molar-refractivity contribution is 5.80. The summed E-state index contributed by atoms with van der Waals surface area (Å²) in [5.74, 6) is -0.914. The Kier molecular flexibility index (Phi) is 12.5. The number of carbonyl (C=O) groups is 1. The third-order valence-electron chi connectivity index (χ3n) is 0.542. The Balaban J connectivity index is 0. The zero-order chi connectivity index (χ0) is 8.41. The highest BCUT2D eigenvalue weighted by atomic mass is 17.0. The van der Waals surface area contributed by atoms with Gasteiger partial charge in [0, 0.05) is 6.08 Å². The van der Waals surface area contributed by atoms with E-state index in [2.05, 4.69) is 0 Å². The van der Waals surface area contributed by atoms with E-state index >= 15 is 0 Å². The zero-order valence-electron chi connectivity index (χ0n) is 5.56. The van der Waals surface area contributed by atoms with Gasteiger partial charge in [-0.15, -0.1) is 0 Å². The van der Waals surface area contributed by atoms with Crippen LogP contribution in [0.25, 0.3) is 0 Å². The second-order valence-corrected chi connectivity index (χ2v) is 1.22. The molecular formula is C6H10O4. The smallest absolute Gasteiger partial charge is 0.328 e. The van der Waals surface area contributed by atoms with E-state index in [1.165, 1.54) is 6.08 Å². The minimum atomic E-state index is -0.914. The molecule has 0 aliphatic rings. The molecule has 0 heterocycles. The Hall–Kier alpha value is -1.13. The van der Waals surface area contributed by atoms with E-state index in [4.69, 9.17) is 15.6 Å². The molecule has 3 N–H and O–H groups in total. The van der Waals surface area contributed by atoms with Crippen LogP contribution in [-0.2, 0) is 4.79 Å². The normalized spacial score (nSPS) is 9.50. The SMILES string of the molecule is C/C=C/C=C/C(=O)O.OO. The Morgan fingerprint density at radius 2 is 1.80 bits per heavy atom. The van der Waals surface area contributed by atoms with Crippen LogP contribution in [0, 0.1) is 0 Å². The van der Waals surface area contributed by atoms with Crippen LogP contribution in [0.15, 0.2) is 24.3 Å². The maximum absolute atomic E-state index is 9.75. The van der Waals surface area contributed by atoms with Gasteiger partial charge in [-0.2, -0.15) is 0 Å². The van der Waals surface area contributed by atoms with Crippen LogP contribution in [0.4, 0.5) is 0 Å². The lowest BCUT2D eigenvalue weighted by atomic mass is 10.4. The van der Waals surface area contributed by atoms with Crippen molar-refractivity contribution < 1.29 is 20.4 Å². The molecule has 0 aromatic rings. The van der Waals surface area contributed by atoms with Crippen molar-refractivity contribution in [2.45, 2.75) is 6.92 Å². The molecule has 0 bridgehead atoms. The van der Waals surface area contributed by atoms with Crippen molar-refractivity contribution in [2.75, 3.05) is 0 Å². The van der Waals surface area contributed by atoms with Gasteiger partial charge in [-0.1, -0.05) is 18.2 Å². The maximum Gasteiger partial charge on any atom is 0.328 e. The summed E-state index contributed by atoms with van der Waals surface area (Å²) in [4.78, 5) is 9.75. The molecule has 0 saturated carbocycles. The first kappa shape index (κ1) is 11.6. The van der Waals surface area contributed by atoms with Crippen molar-refractivity contribution in [3.63, 3.8) is 0 Å². The summed E-state index contributed by atoms with van der Waals surface area (Å²) < 4.78 is 0. The third kappa shape index (κ3) is 15.8. The van der Waals surface area contributed by atoms with Gasteiger partial charge in [-0.3, -0.25) is 10.5 Å². The van der Waals surface area contributed by atoms with E-state index in [0.29, 0.717) is 0 Å². The predicted molar refractivity (Wildman–Crippen MR) is 36.8 cm³/mol. The van der Waals surface area contributed by atoms with Crippen molar-refractivity contribution in [3.8, 4) is 0 Å². The first-order valence-electron chi connectivity index (χ1n) is 2.49. The first-order valence-corrected chi connectivity index (χ1v) is 2.49. The van der Waals surface area contributed by atoms with Crippen molar-refractivity contribution >= 4 is 5.97 Å². The number of carboxylic acids is 1. The van der Waals surface area contributed by atoms with E-state index in [1.54, 1.807) is 12.2 Å². The molecule has 58 valence electrons. The molecule has 0 unspecified atom stereocenters. The second-order valence-electron chi connectivity index (χ2n) is 1.22. The minimum Gasteiger partial charge on any atom is -0.478 e. The first-order chi connectivity index (χ1) is 4.77. The molecule has 0 aliphatic heterocycles. The quantitative estimate of drug-likeness (QED) is 0.237. The van der Waals surface area contributed by atoms with Gasteiger partial charge in [-0.05, 0) is 6.92 Å². The van der Waals surface area contributed by atoms with Gasteiger partial charge in [0.1, 0.15) is 0 Å². The Morgan fingerprint density at radius 3 is 2.10 bits per heavy atom. The Bertz CT molecular complexity index is 126. The molecule has 0 atom stereocenters. The summed E-state index contributed by atoms with van der Waals surface area (Å²) in [6.45, 7) is 1.83. The number of aliphatic carboxylic acids is 1. The lowest BCUT2D eigenvalue weighted by molar-refractivity contribution is -0.176. The topological polar surface area (TPSA) is 77.8 Å².